The van der Waals surface area contributed by atoms with Crippen molar-refractivity contribution in [3.05, 3.63) is 93.7 Å². The summed E-state index contributed by atoms with van der Waals surface area (Å²) < 4.78 is 42.2. The van der Waals surface area contributed by atoms with Crippen molar-refractivity contribution in [2.45, 2.75) is 44.7 Å². The van der Waals surface area contributed by atoms with Crippen molar-refractivity contribution >= 4 is 50.7 Å². The van der Waals surface area contributed by atoms with Crippen LogP contribution in [0.3, 0.4) is 0 Å². The van der Waals surface area contributed by atoms with Gasteiger partial charge in [0.1, 0.15) is 18.4 Å². The standard InChI is InChI=1S/C28H30Cl2FN3O4S/c1-4-26(28(36)32-5-2)33(17-20-8-10-23(31)11-9-20)27(35)18-34(24-15-21(29)14-22(30)16-24)39(37,38)25-12-6-19(3)7-13-25/h6-16,26H,4-5,17-18H2,1-3H3,(H,32,36). The molecule has 1 atom stereocenters. The Hall–Kier alpha value is -3.14. The molecule has 0 radical (unpaired) electrons. The number of amides is 2. The number of nitrogens with zero attached hydrogens (tertiary/aromatic N) is 2. The number of aryl methyl sites for hydroxylation is 1. The van der Waals surface area contributed by atoms with Crippen LogP contribution in [0.4, 0.5) is 10.1 Å². The van der Waals surface area contributed by atoms with Crippen LogP contribution in [0.15, 0.2) is 71.6 Å². The summed E-state index contributed by atoms with van der Waals surface area (Å²) in [5.41, 5.74) is 1.53. The number of carbonyl (C=O) groups is 2. The van der Waals surface area contributed by atoms with Gasteiger partial charge in [-0.05, 0) is 68.3 Å². The van der Waals surface area contributed by atoms with Crippen LogP contribution in [0.2, 0.25) is 10.0 Å². The minimum atomic E-state index is -4.26. The van der Waals surface area contributed by atoms with Crippen molar-refractivity contribution in [2.75, 3.05) is 17.4 Å². The molecule has 0 heterocycles. The van der Waals surface area contributed by atoms with Gasteiger partial charge in [0.25, 0.3) is 10.0 Å². The lowest BCUT2D eigenvalue weighted by Gasteiger charge is -2.33. The molecule has 1 unspecified atom stereocenters. The summed E-state index contributed by atoms with van der Waals surface area (Å²) in [6, 6.07) is 15.1. The highest BCUT2D eigenvalue weighted by Gasteiger charge is 2.33. The molecule has 0 saturated carbocycles. The monoisotopic (exact) mass is 593 g/mol. The smallest absolute Gasteiger partial charge is 0.264 e. The van der Waals surface area contributed by atoms with E-state index in [0.717, 1.165) is 9.87 Å². The summed E-state index contributed by atoms with van der Waals surface area (Å²) in [5.74, 6) is -1.46. The van der Waals surface area contributed by atoms with Crippen molar-refractivity contribution in [3.8, 4) is 0 Å². The van der Waals surface area contributed by atoms with Crippen molar-refractivity contribution < 1.29 is 22.4 Å². The highest BCUT2D eigenvalue weighted by Crippen LogP contribution is 2.30. The number of sulfonamides is 1. The molecule has 2 amide bonds. The Kier molecular flexibility index (Phi) is 10.4. The average molecular weight is 595 g/mol. The molecule has 3 aromatic carbocycles. The summed E-state index contributed by atoms with van der Waals surface area (Å²) in [7, 11) is -4.26. The number of rotatable bonds is 11. The van der Waals surface area contributed by atoms with E-state index in [0.29, 0.717) is 12.1 Å². The van der Waals surface area contributed by atoms with Crippen molar-refractivity contribution in [3.63, 3.8) is 0 Å². The van der Waals surface area contributed by atoms with Gasteiger partial charge in [0, 0.05) is 23.1 Å². The quantitative estimate of drug-likeness (QED) is 0.314. The van der Waals surface area contributed by atoms with Gasteiger partial charge in [0.2, 0.25) is 11.8 Å². The molecule has 0 aromatic heterocycles. The molecule has 0 spiro atoms. The van der Waals surface area contributed by atoms with Gasteiger partial charge in [-0.3, -0.25) is 13.9 Å². The van der Waals surface area contributed by atoms with Crippen LogP contribution in [-0.2, 0) is 26.2 Å². The summed E-state index contributed by atoms with van der Waals surface area (Å²) in [4.78, 5) is 28.1. The van der Waals surface area contributed by atoms with Gasteiger partial charge in [-0.2, -0.15) is 0 Å². The molecule has 3 rings (SSSR count). The van der Waals surface area contributed by atoms with E-state index in [9.17, 15) is 22.4 Å². The van der Waals surface area contributed by atoms with Gasteiger partial charge in [0.05, 0.1) is 10.6 Å². The predicted molar refractivity (Wildman–Crippen MR) is 152 cm³/mol. The maximum Gasteiger partial charge on any atom is 0.264 e. The minimum Gasteiger partial charge on any atom is -0.355 e. The topological polar surface area (TPSA) is 86.8 Å². The normalized spacial score (nSPS) is 12.1. The summed E-state index contributed by atoms with van der Waals surface area (Å²) in [5, 5.41) is 3.10. The predicted octanol–water partition coefficient (Wildman–Crippen LogP) is 5.58. The van der Waals surface area contributed by atoms with Crippen LogP contribution < -0.4 is 9.62 Å². The zero-order valence-electron chi connectivity index (χ0n) is 21.8. The molecule has 1 N–H and O–H groups in total. The van der Waals surface area contributed by atoms with Crippen molar-refractivity contribution in [1.82, 2.24) is 10.2 Å². The van der Waals surface area contributed by atoms with E-state index >= 15 is 0 Å². The number of halogens is 3. The first-order chi connectivity index (χ1) is 18.5. The third-order valence-corrected chi connectivity index (χ3v) is 8.25. The van der Waals surface area contributed by atoms with E-state index in [1.807, 2.05) is 6.92 Å². The summed E-state index contributed by atoms with van der Waals surface area (Å²) in [6.45, 7) is 5.02. The average Bonchev–Trinajstić information content (AvgIpc) is 2.88. The minimum absolute atomic E-state index is 0.0298. The first kappa shape index (κ1) is 30.4. The van der Waals surface area contributed by atoms with Gasteiger partial charge in [-0.1, -0.05) is 60.0 Å². The van der Waals surface area contributed by atoms with Gasteiger partial charge >= 0.3 is 0 Å². The zero-order chi connectivity index (χ0) is 28.7. The third-order valence-electron chi connectivity index (χ3n) is 6.03. The fourth-order valence-electron chi connectivity index (χ4n) is 4.05. The summed E-state index contributed by atoms with van der Waals surface area (Å²) in [6.07, 6.45) is 0.270. The lowest BCUT2D eigenvalue weighted by Crippen LogP contribution is -2.52. The molecule has 0 fully saturated rings. The second-order valence-corrected chi connectivity index (χ2v) is 11.7. The van der Waals surface area contributed by atoms with Gasteiger partial charge in [0.15, 0.2) is 0 Å². The van der Waals surface area contributed by atoms with Gasteiger partial charge in [-0.15, -0.1) is 0 Å². The van der Waals surface area contributed by atoms with Gasteiger partial charge in [-0.25, -0.2) is 12.8 Å². The number of nitrogens with one attached hydrogen (secondary N) is 1. The van der Waals surface area contributed by atoms with Crippen molar-refractivity contribution in [2.24, 2.45) is 0 Å². The zero-order valence-corrected chi connectivity index (χ0v) is 24.2. The molecule has 3 aromatic rings. The van der Waals surface area contributed by atoms with Crippen LogP contribution in [0.25, 0.3) is 0 Å². The lowest BCUT2D eigenvalue weighted by molar-refractivity contribution is -0.140. The maximum atomic E-state index is 13.9. The molecule has 39 heavy (non-hydrogen) atoms. The third kappa shape index (κ3) is 7.71. The number of hydrogen-bond donors (Lipinski definition) is 1. The van der Waals surface area contributed by atoms with Crippen LogP contribution >= 0.6 is 23.2 Å². The Morgan fingerprint density at radius 1 is 0.949 bits per heavy atom. The Bertz CT molecular complexity index is 1400. The van der Waals surface area contributed by atoms with Crippen LogP contribution in [0, 0.1) is 12.7 Å². The number of anilines is 1. The Labute approximate surface area is 238 Å². The van der Waals surface area contributed by atoms with Crippen LogP contribution in [0.5, 0.6) is 0 Å². The van der Waals surface area contributed by atoms with E-state index in [2.05, 4.69) is 5.32 Å². The van der Waals surface area contributed by atoms with Gasteiger partial charge < -0.3 is 10.2 Å². The van der Waals surface area contributed by atoms with E-state index in [-0.39, 0.29) is 39.5 Å². The molecule has 0 bridgehead atoms. The maximum absolute atomic E-state index is 13.9. The van der Waals surface area contributed by atoms with E-state index in [1.165, 1.54) is 59.5 Å². The van der Waals surface area contributed by atoms with Crippen LogP contribution in [-0.4, -0.2) is 44.3 Å². The largest absolute Gasteiger partial charge is 0.355 e. The Balaban J connectivity index is 2.09. The molecule has 0 saturated heterocycles. The van der Waals surface area contributed by atoms with Crippen molar-refractivity contribution in [1.29, 1.82) is 0 Å². The fraction of sp³-hybridized carbons (Fsp3) is 0.286. The molecule has 0 aliphatic carbocycles. The molecular formula is C28H30Cl2FN3O4S. The Morgan fingerprint density at radius 3 is 2.08 bits per heavy atom. The molecule has 208 valence electrons. The fourth-order valence-corrected chi connectivity index (χ4v) is 5.96. The van der Waals surface area contributed by atoms with E-state index < -0.39 is 34.3 Å². The number of likely N-dealkylation sites (N-methyl/N-ethyl adjacent to an activating group) is 1. The first-order valence-electron chi connectivity index (χ1n) is 12.3. The molecule has 0 aliphatic rings. The molecule has 11 heteroatoms. The first-order valence-corrected chi connectivity index (χ1v) is 14.5. The summed E-state index contributed by atoms with van der Waals surface area (Å²) >= 11 is 12.4. The molecule has 0 aliphatic heterocycles. The highest BCUT2D eigenvalue weighted by atomic mass is 35.5. The van der Waals surface area contributed by atoms with E-state index in [4.69, 9.17) is 23.2 Å². The second kappa shape index (κ2) is 13.3. The van der Waals surface area contributed by atoms with Crippen LogP contribution in [0.1, 0.15) is 31.4 Å². The number of carbonyl (C=O) groups excluding carboxylic acids is 2. The second-order valence-electron chi connectivity index (χ2n) is 8.92. The SMILES string of the molecule is CCNC(=O)C(CC)N(Cc1ccc(F)cc1)C(=O)CN(c1cc(Cl)cc(Cl)c1)S(=O)(=O)c1ccc(C)cc1. The molecular weight excluding hydrogens is 564 g/mol. The molecule has 7 nitrogen and oxygen atoms in total. The highest BCUT2D eigenvalue weighted by molar-refractivity contribution is 7.92. The Morgan fingerprint density at radius 2 is 1.54 bits per heavy atom. The number of benzene rings is 3. The number of hydrogen-bond acceptors (Lipinski definition) is 4. The lowest BCUT2D eigenvalue weighted by atomic mass is 10.1. The van der Waals surface area contributed by atoms with E-state index in [1.54, 1.807) is 26.0 Å².